The molecule has 0 bridgehead atoms. The molecule has 0 aliphatic rings. The van der Waals surface area contributed by atoms with E-state index in [-0.39, 0.29) is 0 Å². The molecule has 4 nitrogen and oxygen atoms in total. The molecule has 0 aliphatic heterocycles. The number of likely N-dealkylation sites (N-methyl/N-ethyl adjacent to an activating group) is 1. The minimum absolute atomic E-state index is 0.326. The number of hydrogen-bond acceptors (Lipinski definition) is 2. The summed E-state index contributed by atoms with van der Waals surface area (Å²) >= 11 is 0. The van der Waals surface area contributed by atoms with Crippen molar-refractivity contribution in [2.24, 2.45) is 0 Å². The van der Waals surface area contributed by atoms with Crippen LogP contribution in [0.25, 0.3) is 0 Å². The maximum absolute atomic E-state index is 13.0. The molecule has 0 spiro atoms. The fourth-order valence-electron chi connectivity index (χ4n) is 1.34. The van der Waals surface area contributed by atoms with Gasteiger partial charge in [0.1, 0.15) is 5.82 Å². The number of carbonyl (C=O) groups is 2. The Labute approximate surface area is 98.0 Å². The van der Waals surface area contributed by atoms with E-state index in [1.54, 1.807) is 13.0 Å². The van der Waals surface area contributed by atoms with Crippen LogP contribution in [0.15, 0.2) is 36.4 Å². The molecule has 0 heterocycles. The SMILES string of the molecule is CCN(C(=O)C=CC(=O)O)c1cccc(F)c1. The Morgan fingerprint density at radius 3 is 2.65 bits per heavy atom. The van der Waals surface area contributed by atoms with Crippen LogP contribution in [-0.2, 0) is 9.59 Å². The number of hydrogen-bond donors (Lipinski definition) is 1. The Morgan fingerprint density at radius 2 is 2.12 bits per heavy atom. The number of halogens is 1. The molecule has 1 rings (SSSR count). The number of carboxylic acid groups (broad SMARTS) is 1. The van der Waals surface area contributed by atoms with Gasteiger partial charge in [0.25, 0.3) is 5.91 Å². The zero-order valence-corrected chi connectivity index (χ0v) is 9.26. The first-order chi connectivity index (χ1) is 8.04. The zero-order valence-electron chi connectivity index (χ0n) is 9.26. The first kappa shape index (κ1) is 12.9. The lowest BCUT2D eigenvalue weighted by Crippen LogP contribution is -2.29. The summed E-state index contributed by atoms with van der Waals surface area (Å²) in [6.45, 7) is 2.05. The normalized spacial score (nSPS) is 10.5. The molecule has 0 fully saturated rings. The predicted octanol–water partition coefficient (Wildman–Crippen LogP) is 1.82. The molecule has 0 unspecified atom stereocenters. The van der Waals surface area contributed by atoms with Crippen molar-refractivity contribution in [3.8, 4) is 0 Å². The molecule has 0 atom stereocenters. The van der Waals surface area contributed by atoms with Gasteiger partial charge in [-0.05, 0) is 25.1 Å². The molecular weight excluding hydrogens is 225 g/mol. The van der Waals surface area contributed by atoms with Crippen LogP contribution in [0, 0.1) is 5.82 Å². The average Bonchev–Trinajstić information content (AvgIpc) is 2.27. The molecule has 1 aromatic carbocycles. The molecule has 1 amide bonds. The number of rotatable bonds is 4. The molecule has 1 aromatic rings. The molecular formula is C12H12FNO3. The van der Waals surface area contributed by atoms with Crippen LogP contribution in [-0.4, -0.2) is 23.5 Å². The first-order valence-electron chi connectivity index (χ1n) is 5.02. The monoisotopic (exact) mass is 237 g/mol. The lowest BCUT2D eigenvalue weighted by Gasteiger charge is -2.19. The van der Waals surface area contributed by atoms with Gasteiger partial charge in [0.05, 0.1) is 0 Å². The van der Waals surface area contributed by atoms with Gasteiger partial charge < -0.3 is 10.0 Å². The second-order valence-electron chi connectivity index (χ2n) is 3.23. The number of benzene rings is 1. The fraction of sp³-hybridized carbons (Fsp3) is 0.167. The van der Waals surface area contributed by atoms with E-state index in [9.17, 15) is 14.0 Å². The predicted molar refractivity (Wildman–Crippen MR) is 61.2 cm³/mol. The van der Waals surface area contributed by atoms with E-state index in [1.807, 2.05) is 0 Å². The van der Waals surface area contributed by atoms with Gasteiger partial charge in [-0.1, -0.05) is 6.07 Å². The van der Waals surface area contributed by atoms with Gasteiger partial charge in [-0.15, -0.1) is 0 Å². The number of anilines is 1. The summed E-state index contributed by atoms with van der Waals surface area (Å²) in [5.41, 5.74) is 0.396. The molecule has 0 aliphatic carbocycles. The maximum Gasteiger partial charge on any atom is 0.328 e. The largest absolute Gasteiger partial charge is 0.478 e. The fourth-order valence-corrected chi connectivity index (χ4v) is 1.34. The highest BCUT2D eigenvalue weighted by Crippen LogP contribution is 2.15. The molecule has 0 aromatic heterocycles. The molecule has 5 heteroatoms. The van der Waals surface area contributed by atoms with E-state index >= 15 is 0 Å². The Hall–Kier alpha value is -2.17. The highest BCUT2D eigenvalue weighted by molar-refractivity contribution is 6.03. The number of aliphatic carboxylic acids is 1. The first-order valence-corrected chi connectivity index (χ1v) is 5.02. The summed E-state index contributed by atoms with van der Waals surface area (Å²) < 4.78 is 13.0. The van der Waals surface area contributed by atoms with Gasteiger partial charge >= 0.3 is 5.97 Å². The highest BCUT2D eigenvalue weighted by atomic mass is 19.1. The number of amides is 1. The third-order valence-electron chi connectivity index (χ3n) is 2.07. The summed E-state index contributed by atoms with van der Waals surface area (Å²) in [6, 6.07) is 5.56. The Bertz CT molecular complexity index is 457. The van der Waals surface area contributed by atoms with Crippen LogP contribution < -0.4 is 4.90 Å². The van der Waals surface area contributed by atoms with E-state index in [0.29, 0.717) is 12.2 Å². The Kier molecular flexibility index (Phi) is 4.39. The van der Waals surface area contributed by atoms with Gasteiger partial charge in [0.15, 0.2) is 0 Å². The van der Waals surface area contributed by atoms with Crippen LogP contribution >= 0.6 is 0 Å². The molecule has 0 saturated heterocycles. The van der Waals surface area contributed by atoms with Crippen molar-refractivity contribution in [1.82, 2.24) is 0 Å². The molecule has 90 valence electrons. The smallest absolute Gasteiger partial charge is 0.328 e. The number of nitrogens with zero attached hydrogens (tertiary/aromatic N) is 1. The average molecular weight is 237 g/mol. The van der Waals surface area contributed by atoms with Gasteiger partial charge in [0.2, 0.25) is 0 Å². The van der Waals surface area contributed by atoms with Crippen LogP contribution in [0.3, 0.4) is 0 Å². The molecule has 0 saturated carbocycles. The van der Waals surface area contributed by atoms with E-state index in [4.69, 9.17) is 5.11 Å². The second-order valence-corrected chi connectivity index (χ2v) is 3.23. The maximum atomic E-state index is 13.0. The molecule has 17 heavy (non-hydrogen) atoms. The van der Waals surface area contributed by atoms with E-state index in [2.05, 4.69) is 0 Å². The quantitative estimate of drug-likeness (QED) is 0.812. The highest BCUT2D eigenvalue weighted by Gasteiger charge is 2.11. The van der Waals surface area contributed by atoms with Crippen LogP contribution in [0.4, 0.5) is 10.1 Å². The van der Waals surface area contributed by atoms with E-state index < -0.39 is 17.7 Å². The minimum Gasteiger partial charge on any atom is -0.478 e. The zero-order chi connectivity index (χ0) is 12.8. The standard InChI is InChI=1S/C12H12FNO3/c1-2-14(11(15)6-7-12(16)17)10-5-3-4-9(13)8-10/h3-8H,2H2,1H3,(H,16,17). The Balaban J connectivity index is 2.92. The minimum atomic E-state index is -1.20. The third kappa shape index (κ3) is 3.71. The van der Waals surface area contributed by atoms with Crippen molar-refractivity contribution in [1.29, 1.82) is 0 Å². The summed E-state index contributed by atoms with van der Waals surface area (Å²) in [7, 11) is 0. The van der Waals surface area contributed by atoms with Crippen molar-refractivity contribution in [3.63, 3.8) is 0 Å². The van der Waals surface area contributed by atoms with E-state index in [0.717, 1.165) is 12.2 Å². The lowest BCUT2D eigenvalue weighted by atomic mass is 10.2. The molecule has 0 radical (unpaired) electrons. The summed E-state index contributed by atoms with van der Waals surface area (Å²) in [6.07, 6.45) is 1.70. The van der Waals surface area contributed by atoms with Gasteiger partial charge in [-0.3, -0.25) is 4.79 Å². The van der Waals surface area contributed by atoms with Crippen LogP contribution in [0.2, 0.25) is 0 Å². The lowest BCUT2D eigenvalue weighted by molar-refractivity contribution is -0.131. The van der Waals surface area contributed by atoms with Crippen molar-refractivity contribution < 1.29 is 19.1 Å². The summed E-state index contributed by atoms with van der Waals surface area (Å²) in [5.74, 6) is -2.15. The Morgan fingerprint density at radius 1 is 1.41 bits per heavy atom. The summed E-state index contributed by atoms with van der Waals surface area (Å²) in [4.78, 5) is 23.2. The van der Waals surface area contributed by atoms with Crippen LogP contribution in [0.1, 0.15) is 6.92 Å². The van der Waals surface area contributed by atoms with Crippen molar-refractivity contribution in [2.45, 2.75) is 6.92 Å². The van der Waals surface area contributed by atoms with Gasteiger partial charge in [0, 0.05) is 24.4 Å². The number of carboxylic acids is 1. The number of carbonyl (C=O) groups excluding carboxylic acids is 1. The van der Waals surface area contributed by atoms with E-state index in [1.165, 1.54) is 23.1 Å². The topological polar surface area (TPSA) is 57.6 Å². The van der Waals surface area contributed by atoms with Crippen molar-refractivity contribution in [2.75, 3.05) is 11.4 Å². The van der Waals surface area contributed by atoms with Crippen molar-refractivity contribution >= 4 is 17.6 Å². The molecule has 1 N–H and O–H groups in total. The van der Waals surface area contributed by atoms with Gasteiger partial charge in [-0.2, -0.15) is 0 Å². The second kappa shape index (κ2) is 5.79. The van der Waals surface area contributed by atoms with Crippen LogP contribution in [0.5, 0.6) is 0 Å². The van der Waals surface area contributed by atoms with Crippen molar-refractivity contribution in [3.05, 3.63) is 42.2 Å². The summed E-state index contributed by atoms with van der Waals surface area (Å²) in [5, 5.41) is 8.41. The third-order valence-corrected chi connectivity index (χ3v) is 2.07. The van der Waals surface area contributed by atoms with Gasteiger partial charge in [-0.25, -0.2) is 9.18 Å².